The van der Waals surface area contributed by atoms with Crippen molar-refractivity contribution in [2.24, 2.45) is 5.92 Å². The molecule has 3 rings (SSSR count). The van der Waals surface area contributed by atoms with Crippen LogP contribution in [0.5, 0.6) is 0 Å². The first kappa shape index (κ1) is 21.1. The molecule has 2 aromatic carbocycles. The van der Waals surface area contributed by atoms with E-state index in [0.717, 1.165) is 18.5 Å². The first-order valence-electron chi connectivity index (χ1n) is 10.3. The Hall–Kier alpha value is -2.66. The Kier molecular flexibility index (Phi) is 7.42. The largest absolute Gasteiger partial charge is 0.342 e. The molecule has 5 nitrogen and oxygen atoms in total. The Morgan fingerprint density at radius 3 is 2.21 bits per heavy atom. The molecule has 1 aliphatic rings. The zero-order chi connectivity index (χ0) is 20.6. The highest BCUT2D eigenvalue weighted by Crippen LogP contribution is 2.22. The van der Waals surface area contributed by atoms with Crippen molar-refractivity contribution in [1.29, 1.82) is 0 Å². The highest BCUT2D eigenvalue weighted by Gasteiger charge is 2.36. The smallest absolute Gasteiger partial charge is 0.228 e. The predicted octanol–water partition coefficient (Wildman–Crippen LogP) is 2.67. The molecule has 154 valence electrons. The van der Waals surface area contributed by atoms with Gasteiger partial charge in [-0.1, -0.05) is 60.7 Å². The maximum absolute atomic E-state index is 13.3. The molecule has 1 heterocycles. The van der Waals surface area contributed by atoms with Gasteiger partial charge in [0.2, 0.25) is 11.8 Å². The normalized spacial score (nSPS) is 16.4. The Morgan fingerprint density at radius 1 is 0.966 bits per heavy atom. The zero-order valence-corrected chi connectivity index (χ0v) is 17.5. The number of nitrogens with zero attached hydrogens (tertiary/aromatic N) is 3. The number of likely N-dealkylation sites (tertiary alicyclic amines) is 1. The predicted molar refractivity (Wildman–Crippen MR) is 115 cm³/mol. The minimum absolute atomic E-state index is 0.0891. The highest BCUT2D eigenvalue weighted by molar-refractivity contribution is 5.89. The maximum Gasteiger partial charge on any atom is 0.228 e. The Bertz CT molecular complexity index is 792. The molecule has 1 unspecified atom stereocenters. The molecule has 2 aromatic rings. The lowest BCUT2D eigenvalue weighted by molar-refractivity contribution is -0.136. The van der Waals surface area contributed by atoms with E-state index >= 15 is 0 Å². The summed E-state index contributed by atoms with van der Waals surface area (Å²) in [4.78, 5) is 31.6. The van der Waals surface area contributed by atoms with Gasteiger partial charge in [0.25, 0.3) is 0 Å². The molecule has 29 heavy (non-hydrogen) atoms. The van der Waals surface area contributed by atoms with Crippen LogP contribution in [0.2, 0.25) is 0 Å². The molecule has 0 bridgehead atoms. The topological polar surface area (TPSA) is 43.9 Å². The van der Waals surface area contributed by atoms with E-state index in [2.05, 4.69) is 17.0 Å². The Balaban J connectivity index is 1.61. The van der Waals surface area contributed by atoms with E-state index in [0.29, 0.717) is 32.6 Å². The number of likely N-dealkylation sites (N-methyl/N-ethyl adjacent to an activating group) is 1. The summed E-state index contributed by atoms with van der Waals surface area (Å²) in [6.07, 6.45) is 1.14. The van der Waals surface area contributed by atoms with Crippen molar-refractivity contribution in [3.63, 3.8) is 0 Å². The molecule has 0 radical (unpaired) electrons. The van der Waals surface area contributed by atoms with Crippen LogP contribution in [-0.2, 0) is 22.6 Å². The second kappa shape index (κ2) is 10.2. The van der Waals surface area contributed by atoms with E-state index in [1.807, 2.05) is 72.4 Å². The lowest BCUT2D eigenvalue weighted by Crippen LogP contribution is -2.40. The van der Waals surface area contributed by atoms with Crippen molar-refractivity contribution in [1.82, 2.24) is 14.7 Å². The van der Waals surface area contributed by atoms with Gasteiger partial charge in [-0.15, -0.1) is 0 Å². The molecule has 0 saturated carbocycles. The van der Waals surface area contributed by atoms with E-state index < -0.39 is 0 Å². The van der Waals surface area contributed by atoms with Crippen LogP contribution in [-0.4, -0.2) is 66.8 Å². The monoisotopic (exact) mass is 393 g/mol. The van der Waals surface area contributed by atoms with Gasteiger partial charge < -0.3 is 14.7 Å². The summed E-state index contributed by atoms with van der Waals surface area (Å²) in [6.45, 7) is 3.25. The van der Waals surface area contributed by atoms with Crippen molar-refractivity contribution >= 4 is 11.8 Å². The van der Waals surface area contributed by atoms with Crippen LogP contribution in [0.25, 0.3) is 0 Å². The van der Waals surface area contributed by atoms with Crippen molar-refractivity contribution < 1.29 is 9.59 Å². The SMILES string of the molecule is CN(C)CCN(Cc1ccccc1)C(=O)C1CC(=O)N(CCc2ccccc2)C1. The number of carbonyl (C=O) groups excluding carboxylic acids is 2. The number of benzene rings is 2. The molecule has 1 saturated heterocycles. The minimum atomic E-state index is -0.246. The number of hydrogen-bond donors (Lipinski definition) is 0. The van der Waals surface area contributed by atoms with Crippen molar-refractivity contribution in [3.05, 3.63) is 71.8 Å². The number of hydrogen-bond acceptors (Lipinski definition) is 3. The molecule has 1 fully saturated rings. The molecule has 2 amide bonds. The van der Waals surface area contributed by atoms with Crippen LogP contribution in [0.1, 0.15) is 17.5 Å². The molecular weight excluding hydrogens is 362 g/mol. The van der Waals surface area contributed by atoms with E-state index in [4.69, 9.17) is 0 Å². The number of rotatable bonds is 9. The molecular formula is C24H31N3O2. The van der Waals surface area contributed by atoms with Gasteiger partial charge in [0.05, 0.1) is 5.92 Å². The van der Waals surface area contributed by atoms with Crippen LogP contribution in [0.3, 0.4) is 0 Å². The van der Waals surface area contributed by atoms with Gasteiger partial charge in [0.1, 0.15) is 0 Å². The molecule has 1 aliphatic heterocycles. The second-order valence-electron chi connectivity index (χ2n) is 8.03. The van der Waals surface area contributed by atoms with Crippen LogP contribution < -0.4 is 0 Å². The van der Waals surface area contributed by atoms with Crippen molar-refractivity contribution in [2.75, 3.05) is 40.3 Å². The quantitative estimate of drug-likeness (QED) is 0.658. The lowest BCUT2D eigenvalue weighted by Gasteiger charge is -2.27. The van der Waals surface area contributed by atoms with Gasteiger partial charge in [-0.25, -0.2) is 0 Å². The van der Waals surface area contributed by atoms with Crippen molar-refractivity contribution in [3.8, 4) is 0 Å². The van der Waals surface area contributed by atoms with E-state index in [9.17, 15) is 9.59 Å². The van der Waals surface area contributed by atoms with Gasteiger partial charge in [-0.05, 0) is 31.6 Å². The molecule has 5 heteroatoms. The third kappa shape index (κ3) is 6.16. The van der Waals surface area contributed by atoms with Crippen LogP contribution in [0.15, 0.2) is 60.7 Å². The van der Waals surface area contributed by atoms with Gasteiger partial charge in [0, 0.05) is 39.1 Å². The lowest BCUT2D eigenvalue weighted by atomic mass is 10.1. The van der Waals surface area contributed by atoms with Crippen LogP contribution in [0.4, 0.5) is 0 Å². The Labute approximate surface area is 173 Å². The van der Waals surface area contributed by atoms with Gasteiger partial charge in [-0.3, -0.25) is 9.59 Å². The highest BCUT2D eigenvalue weighted by atomic mass is 16.2. The first-order chi connectivity index (χ1) is 14.0. The van der Waals surface area contributed by atoms with E-state index in [1.54, 1.807) is 0 Å². The summed E-state index contributed by atoms with van der Waals surface area (Å²) < 4.78 is 0. The molecule has 0 N–H and O–H groups in total. The summed E-state index contributed by atoms with van der Waals surface area (Å²) in [5, 5.41) is 0. The van der Waals surface area contributed by atoms with Gasteiger partial charge in [-0.2, -0.15) is 0 Å². The number of amides is 2. The average Bonchev–Trinajstić information content (AvgIpc) is 3.11. The molecule has 1 atom stereocenters. The summed E-state index contributed by atoms with van der Waals surface area (Å²) in [5.74, 6) is -0.0676. The fourth-order valence-electron chi connectivity index (χ4n) is 3.71. The van der Waals surface area contributed by atoms with Crippen LogP contribution in [0, 0.1) is 5.92 Å². The third-order valence-corrected chi connectivity index (χ3v) is 5.42. The van der Waals surface area contributed by atoms with E-state index in [1.165, 1.54) is 5.56 Å². The fourth-order valence-corrected chi connectivity index (χ4v) is 3.71. The Morgan fingerprint density at radius 2 is 1.59 bits per heavy atom. The zero-order valence-electron chi connectivity index (χ0n) is 17.5. The summed E-state index contributed by atoms with van der Waals surface area (Å²) in [6, 6.07) is 20.2. The van der Waals surface area contributed by atoms with E-state index in [-0.39, 0.29) is 17.7 Å². The molecule has 0 aromatic heterocycles. The second-order valence-corrected chi connectivity index (χ2v) is 8.03. The standard InChI is InChI=1S/C24H31N3O2/c1-25(2)15-16-27(18-21-11-7-4-8-12-21)24(29)22-17-23(28)26(19-22)14-13-20-9-5-3-6-10-20/h3-12,22H,13-19H2,1-2H3. The average molecular weight is 394 g/mol. The summed E-state index contributed by atoms with van der Waals surface area (Å²) >= 11 is 0. The molecule has 0 spiro atoms. The minimum Gasteiger partial charge on any atom is -0.342 e. The first-order valence-corrected chi connectivity index (χ1v) is 10.3. The van der Waals surface area contributed by atoms with Crippen LogP contribution >= 0.6 is 0 Å². The maximum atomic E-state index is 13.3. The summed E-state index contributed by atoms with van der Waals surface area (Å²) in [7, 11) is 4.02. The molecule has 0 aliphatic carbocycles. The van der Waals surface area contributed by atoms with Gasteiger partial charge >= 0.3 is 0 Å². The van der Waals surface area contributed by atoms with Gasteiger partial charge in [0.15, 0.2) is 0 Å². The third-order valence-electron chi connectivity index (χ3n) is 5.42. The fraction of sp³-hybridized carbons (Fsp3) is 0.417. The van der Waals surface area contributed by atoms with Crippen molar-refractivity contribution in [2.45, 2.75) is 19.4 Å². The number of carbonyl (C=O) groups is 2. The summed E-state index contributed by atoms with van der Waals surface area (Å²) in [5.41, 5.74) is 2.33.